The van der Waals surface area contributed by atoms with E-state index in [9.17, 15) is 0 Å². The summed E-state index contributed by atoms with van der Waals surface area (Å²) in [6.07, 6.45) is 0. The van der Waals surface area contributed by atoms with E-state index in [1.807, 2.05) is 62.4 Å². The van der Waals surface area contributed by atoms with Gasteiger partial charge >= 0.3 is 0 Å². The molecule has 0 fully saturated rings. The fraction of sp³-hybridized carbons (Fsp3) is 0.190. The van der Waals surface area contributed by atoms with Crippen LogP contribution in [-0.2, 0) is 6.61 Å². The molecule has 0 atom stereocenters. The Balaban J connectivity index is 1.95. The Morgan fingerprint density at radius 3 is 2.29 bits per heavy atom. The van der Waals surface area contributed by atoms with Crippen LogP contribution in [0, 0.1) is 13.8 Å². The van der Waals surface area contributed by atoms with E-state index >= 15 is 0 Å². The van der Waals surface area contributed by atoms with Gasteiger partial charge in [-0.15, -0.1) is 0 Å². The second-order valence-electron chi connectivity index (χ2n) is 5.72. The number of pyridine rings is 1. The van der Waals surface area contributed by atoms with Crippen LogP contribution in [-0.4, -0.2) is 12.1 Å². The first kappa shape index (κ1) is 16.1. The molecule has 0 radical (unpaired) electrons. The molecule has 0 N–H and O–H groups in total. The van der Waals surface area contributed by atoms with Gasteiger partial charge in [-0.05, 0) is 37.1 Å². The van der Waals surface area contributed by atoms with Crippen molar-refractivity contribution >= 4 is 0 Å². The lowest BCUT2D eigenvalue weighted by Gasteiger charge is -2.15. The molecule has 0 saturated carbocycles. The van der Waals surface area contributed by atoms with Crippen LogP contribution in [0.15, 0.2) is 60.7 Å². The van der Waals surface area contributed by atoms with Crippen molar-refractivity contribution in [2.45, 2.75) is 20.5 Å². The molecule has 0 saturated heterocycles. The van der Waals surface area contributed by atoms with Gasteiger partial charge < -0.3 is 9.47 Å². The predicted molar refractivity (Wildman–Crippen MR) is 96.5 cm³/mol. The number of nitrogens with zero attached hydrogens (tertiary/aromatic N) is 1. The molecule has 3 rings (SSSR count). The molecule has 1 aromatic heterocycles. The highest BCUT2D eigenvalue weighted by atomic mass is 16.5. The third-order valence-electron chi connectivity index (χ3n) is 3.91. The van der Waals surface area contributed by atoms with Crippen molar-refractivity contribution < 1.29 is 9.47 Å². The van der Waals surface area contributed by atoms with Crippen LogP contribution in [0.25, 0.3) is 11.1 Å². The van der Waals surface area contributed by atoms with E-state index in [0.717, 1.165) is 39.6 Å². The Bertz CT molecular complexity index is 811. The molecule has 0 aliphatic carbocycles. The lowest BCUT2D eigenvalue weighted by Crippen LogP contribution is -2.01. The molecule has 1 heterocycles. The van der Waals surface area contributed by atoms with Gasteiger partial charge in [-0.1, -0.05) is 42.5 Å². The van der Waals surface area contributed by atoms with Crippen molar-refractivity contribution in [3.8, 4) is 22.6 Å². The summed E-state index contributed by atoms with van der Waals surface area (Å²) in [5.41, 5.74) is 5.16. The average molecular weight is 319 g/mol. The minimum absolute atomic E-state index is 0.535. The zero-order valence-electron chi connectivity index (χ0n) is 14.2. The van der Waals surface area contributed by atoms with Gasteiger partial charge in [0.05, 0.1) is 7.11 Å². The topological polar surface area (TPSA) is 31.4 Å². The monoisotopic (exact) mass is 319 g/mol. The maximum absolute atomic E-state index is 6.12. The summed E-state index contributed by atoms with van der Waals surface area (Å²) in [7, 11) is 1.67. The van der Waals surface area contributed by atoms with Gasteiger partial charge in [0.2, 0.25) is 0 Å². The van der Waals surface area contributed by atoms with Crippen LogP contribution in [0.1, 0.15) is 17.0 Å². The van der Waals surface area contributed by atoms with Crippen molar-refractivity contribution in [3.63, 3.8) is 0 Å². The highest BCUT2D eigenvalue weighted by Crippen LogP contribution is 2.34. The van der Waals surface area contributed by atoms with Gasteiger partial charge in [0.15, 0.2) is 0 Å². The van der Waals surface area contributed by atoms with Gasteiger partial charge in [-0.3, -0.25) is 4.98 Å². The average Bonchev–Trinajstić information content (AvgIpc) is 2.60. The molecule has 0 amide bonds. The fourth-order valence-electron chi connectivity index (χ4n) is 2.75. The first-order valence-electron chi connectivity index (χ1n) is 7.97. The van der Waals surface area contributed by atoms with Gasteiger partial charge in [-0.2, -0.15) is 0 Å². The van der Waals surface area contributed by atoms with Crippen molar-refractivity contribution in [2.24, 2.45) is 0 Å². The molecule has 3 heteroatoms. The molecule has 0 bridgehead atoms. The highest BCUT2D eigenvalue weighted by Gasteiger charge is 2.12. The predicted octanol–water partition coefficient (Wildman–Crippen LogP) is 4.95. The van der Waals surface area contributed by atoms with E-state index in [4.69, 9.17) is 9.47 Å². The number of hydrogen-bond donors (Lipinski definition) is 0. The fourth-order valence-corrected chi connectivity index (χ4v) is 2.75. The number of methoxy groups -OCH3 is 1. The zero-order valence-corrected chi connectivity index (χ0v) is 14.2. The molecular formula is C21H21NO2. The molecule has 0 aliphatic heterocycles. The van der Waals surface area contributed by atoms with Crippen molar-refractivity contribution in [1.29, 1.82) is 0 Å². The quantitative estimate of drug-likeness (QED) is 0.666. The van der Waals surface area contributed by atoms with Crippen LogP contribution >= 0.6 is 0 Å². The standard InChI is InChI=1S/C21H21NO2/c1-15-13-20(24-14-17-7-5-4-6-8-17)21(16(2)22-15)18-9-11-19(23-3)12-10-18/h4-13H,14H2,1-3H3. The molecular weight excluding hydrogens is 298 g/mol. The van der Waals surface area contributed by atoms with E-state index in [-0.39, 0.29) is 0 Å². The molecule has 2 aromatic carbocycles. The summed E-state index contributed by atoms with van der Waals surface area (Å²) in [5, 5.41) is 0. The summed E-state index contributed by atoms with van der Waals surface area (Å²) >= 11 is 0. The van der Waals surface area contributed by atoms with E-state index in [0.29, 0.717) is 6.61 Å². The normalized spacial score (nSPS) is 10.5. The molecule has 122 valence electrons. The largest absolute Gasteiger partial charge is 0.497 e. The summed E-state index contributed by atoms with van der Waals surface area (Å²) in [6.45, 7) is 4.54. The summed E-state index contributed by atoms with van der Waals surface area (Å²) in [5.74, 6) is 1.69. The number of rotatable bonds is 5. The Morgan fingerprint density at radius 2 is 1.62 bits per heavy atom. The second kappa shape index (κ2) is 7.18. The Morgan fingerprint density at radius 1 is 0.917 bits per heavy atom. The lowest BCUT2D eigenvalue weighted by atomic mass is 10.0. The SMILES string of the molecule is COc1ccc(-c2c(OCc3ccccc3)cc(C)nc2C)cc1. The van der Waals surface area contributed by atoms with Gasteiger partial charge in [0, 0.05) is 23.0 Å². The minimum Gasteiger partial charge on any atom is -0.497 e. The van der Waals surface area contributed by atoms with Crippen LogP contribution < -0.4 is 9.47 Å². The highest BCUT2D eigenvalue weighted by molar-refractivity contribution is 5.73. The molecule has 3 nitrogen and oxygen atoms in total. The van der Waals surface area contributed by atoms with Crippen LogP contribution in [0.3, 0.4) is 0 Å². The van der Waals surface area contributed by atoms with E-state index < -0.39 is 0 Å². The Labute approximate surface area is 142 Å². The maximum atomic E-state index is 6.12. The molecule has 3 aromatic rings. The number of aryl methyl sites for hydroxylation is 2. The number of aromatic nitrogens is 1. The van der Waals surface area contributed by atoms with Gasteiger partial charge in [-0.25, -0.2) is 0 Å². The lowest BCUT2D eigenvalue weighted by molar-refractivity contribution is 0.307. The van der Waals surface area contributed by atoms with E-state index in [1.165, 1.54) is 0 Å². The van der Waals surface area contributed by atoms with E-state index in [2.05, 4.69) is 17.1 Å². The minimum atomic E-state index is 0.535. The summed E-state index contributed by atoms with van der Waals surface area (Å²) in [4.78, 5) is 4.60. The van der Waals surface area contributed by atoms with Crippen molar-refractivity contribution in [2.75, 3.05) is 7.11 Å². The van der Waals surface area contributed by atoms with Crippen molar-refractivity contribution in [3.05, 3.63) is 77.6 Å². The van der Waals surface area contributed by atoms with Gasteiger partial charge in [0.1, 0.15) is 18.1 Å². The molecule has 24 heavy (non-hydrogen) atoms. The van der Waals surface area contributed by atoms with Crippen LogP contribution in [0.2, 0.25) is 0 Å². The molecule has 0 unspecified atom stereocenters. The first-order chi connectivity index (χ1) is 11.7. The van der Waals surface area contributed by atoms with Crippen LogP contribution in [0.4, 0.5) is 0 Å². The van der Waals surface area contributed by atoms with E-state index in [1.54, 1.807) is 7.11 Å². The van der Waals surface area contributed by atoms with Crippen molar-refractivity contribution in [1.82, 2.24) is 4.98 Å². The number of ether oxygens (including phenoxy) is 2. The maximum Gasteiger partial charge on any atom is 0.131 e. The molecule has 0 spiro atoms. The second-order valence-corrected chi connectivity index (χ2v) is 5.72. The third kappa shape index (κ3) is 3.57. The smallest absolute Gasteiger partial charge is 0.131 e. The number of benzene rings is 2. The number of hydrogen-bond acceptors (Lipinski definition) is 3. The Hall–Kier alpha value is -2.81. The molecule has 0 aliphatic rings. The van der Waals surface area contributed by atoms with Crippen LogP contribution in [0.5, 0.6) is 11.5 Å². The third-order valence-corrected chi connectivity index (χ3v) is 3.91. The summed E-state index contributed by atoms with van der Waals surface area (Å²) in [6, 6.07) is 20.1. The summed E-state index contributed by atoms with van der Waals surface area (Å²) < 4.78 is 11.4. The first-order valence-corrected chi connectivity index (χ1v) is 7.97. The van der Waals surface area contributed by atoms with Gasteiger partial charge in [0.25, 0.3) is 0 Å². The zero-order chi connectivity index (χ0) is 16.9. The Kier molecular flexibility index (Phi) is 4.80.